The molecule has 0 amide bonds. The van der Waals surface area contributed by atoms with Gasteiger partial charge in [-0.3, -0.25) is 0 Å². The average Bonchev–Trinajstić information content (AvgIpc) is 3.68. The highest BCUT2D eigenvalue weighted by molar-refractivity contribution is 7.26. The van der Waals surface area contributed by atoms with Crippen LogP contribution in [0.3, 0.4) is 0 Å². The zero-order valence-electron chi connectivity index (χ0n) is 31.7. The molecule has 2 heteroatoms. The first-order valence-electron chi connectivity index (χ1n) is 19.8. The van der Waals surface area contributed by atoms with E-state index < -0.39 is 0 Å². The van der Waals surface area contributed by atoms with Crippen molar-refractivity contribution in [2.24, 2.45) is 0 Å². The van der Waals surface area contributed by atoms with Gasteiger partial charge < -0.3 is 4.90 Å². The van der Waals surface area contributed by atoms with Gasteiger partial charge in [0, 0.05) is 42.3 Å². The molecule has 0 aliphatic carbocycles. The van der Waals surface area contributed by atoms with Gasteiger partial charge in [0.05, 0.1) is 5.69 Å². The van der Waals surface area contributed by atoms with Gasteiger partial charge in [0.2, 0.25) is 0 Å². The molecule has 1 nitrogen and oxygen atoms in total. The first kappa shape index (κ1) is 34.0. The van der Waals surface area contributed by atoms with Gasteiger partial charge in [0.1, 0.15) is 0 Å². The third-order valence-electron chi connectivity index (χ3n) is 11.5. The molecule has 0 unspecified atom stereocenters. The van der Waals surface area contributed by atoms with E-state index >= 15 is 0 Å². The number of anilines is 3. The van der Waals surface area contributed by atoms with Crippen molar-refractivity contribution in [3.63, 3.8) is 0 Å². The molecule has 272 valence electrons. The molecule has 0 aliphatic rings. The fraction of sp³-hybridized carbons (Fsp3) is 0. The van der Waals surface area contributed by atoms with E-state index in [2.05, 4.69) is 229 Å². The van der Waals surface area contributed by atoms with E-state index in [0.717, 1.165) is 17.1 Å². The molecule has 1 heterocycles. The first-order chi connectivity index (χ1) is 28.7. The van der Waals surface area contributed by atoms with Crippen LogP contribution in [0, 0.1) is 0 Å². The maximum Gasteiger partial charge on any atom is 0.0547 e. The summed E-state index contributed by atoms with van der Waals surface area (Å²) in [4.78, 5) is 2.44. The highest BCUT2D eigenvalue weighted by atomic mass is 32.1. The van der Waals surface area contributed by atoms with Crippen molar-refractivity contribution in [3.8, 4) is 44.5 Å². The van der Waals surface area contributed by atoms with Gasteiger partial charge in [0.25, 0.3) is 0 Å². The number of nitrogens with zero attached hydrogens (tertiary/aromatic N) is 1. The van der Waals surface area contributed by atoms with Crippen LogP contribution in [-0.2, 0) is 0 Å². The molecule has 0 fully saturated rings. The van der Waals surface area contributed by atoms with E-state index in [4.69, 9.17) is 0 Å². The van der Waals surface area contributed by atoms with E-state index in [1.807, 2.05) is 11.3 Å². The van der Waals surface area contributed by atoms with E-state index in [9.17, 15) is 0 Å². The van der Waals surface area contributed by atoms with Crippen molar-refractivity contribution >= 4 is 70.1 Å². The zero-order chi connectivity index (χ0) is 38.4. The Hall–Kier alpha value is -7.26. The molecule has 0 aliphatic heterocycles. The van der Waals surface area contributed by atoms with Crippen molar-refractivity contribution in [1.82, 2.24) is 0 Å². The van der Waals surface area contributed by atoms with Crippen LogP contribution in [0.2, 0.25) is 0 Å². The summed E-state index contributed by atoms with van der Waals surface area (Å²) in [6.45, 7) is 0. The molecule has 58 heavy (non-hydrogen) atoms. The Balaban J connectivity index is 1.06. The number of fused-ring (bicyclic) bond motifs is 6. The average molecular weight is 756 g/mol. The minimum atomic E-state index is 1.11. The summed E-state index contributed by atoms with van der Waals surface area (Å²) < 4.78 is 2.61. The fourth-order valence-electron chi connectivity index (χ4n) is 8.56. The Kier molecular flexibility index (Phi) is 8.42. The van der Waals surface area contributed by atoms with E-state index in [0.29, 0.717) is 0 Å². The summed E-state index contributed by atoms with van der Waals surface area (Å²) in [5, 5.41) is 7.59. The van der Waals surface area contributed by atoms with Crippen LogP contribution in [0.25, 0.3) is 86.2 Å². The van der Waals surface area contributed by atoms with E-state index in [1.165, 1.54) is 86.2 Å². The molecule has 0 N–H and O–H groups in total. The quantitative estimate of drug-likeness (QED) is 0.157. The molecular weight excluding hydrogens is 719 g/mol. The molecule has 10 aromatic carbocycles. The second-order valence-electron chi connectivity index (χ2n) is 14.9. The summed E-state index contributed by atoms with van der Waals surface area (Å²) in [6.07, 6.45) is 0. The predicted octanol–water partition coefficient (Wildman–Crippen LogP) is 16.5. The first-order valence-corrected chi connectivity index (χ1v) is 20.6. The van der Waals surface area contributed by atoms with Crippen molar-refractivity contribution in [1.29, 1.82) is 0 Å². The number of hydrogen-bond donors (Lipinski definition) is 0. The van der Waals surface area contributed by atoms with Gasteiger partial charge in [-0.05, 0) is 91.7 Å². The summed E-state index contributed by atoms with van der Waals surface area (Å²) in [7, 11) is 0. The smallest absolute Gasteiger partial charge is 0.0547 e. The number of rotatable bonds is 7. The highest BCUT2D eigenvalue weighted by Gasteiger charge is 2.20. The third-order valence-corrected chi connectivity index (χ3v) is 12.7. The molecule has 11 rings (SSSR count). The fourth-order valence-corrected chi connectivity index (χ4v) is 9.82. The number of thiophene rings is 1. The second kappa shape index (κ2) is 14.4. The van der Waals surface area contributed by atoms with Crippen molar-refractivity contribution in [2.75, 3.05) is 4.90 Å². The molecule has 0 atom stereocenters. The zero-order valence-corrected chi connectivity index (χ0v) is 32.5. The minimum Gasteiger partial charge on any atom is -0.310 e. The topological polar surface area (TPSA) is 3.24 Å². The molecule has 11 aromatic rings. The van der Waals surface area contributed by atoms with Gasteiger partial charge in [0.15, 0.2) is 0 Å². The number of hydrogen-bond acceptors (Lipinski definition) is 2. The van der Waals surface area contributed by atoms with Crippen LogP contribution in [-0.4, -0.2) is 0 Å². The summed E-state index contributed by atoms with van der Waals surface area (Å²) in [6, 6.07) is 81.8. The van der Waals surface area contributed by atoms with Gasteiger partial charge in [-0.1, -0.05) is 188 Å². The Bertz CT molecular complexity index is 3230. The molecule has 0 bridgehead atoms. The van der Waals surface area contributed by atoms with Gasteiger partial charge in [-0.25, -0.2) is 0 Å². The maximum absolute atomic E-state index is 2.44. The van der Waals surface area contributed by atoms with E-state index in [1.54, 1.807) is 0 Å². The molecule has 1 aromatic heterocycles. The predicted molar refractivity (Wildman–Crippen MR) is 251 cm³/mol. The lowest BCUT2D eigenvalue weighted by atomic mass is 9.97. The van der Waals surface area contributed by atoms with Crippen LogP contribution in [0.1, 0.15) is 0 Å². The summed E-state index contributed by atoms with van der Waals surface area (Å²) >= 11 is 1.90. The minimum absolute atomic E-state index is 1.11. The Morgan fingerprint density at radius 3 is 1.36 bits per heavy atom. The van der Waals surface area contributed by atoms with Crippen molar-refractivity contribution < 1.29 is 0 Å². The monoisotopic (exact) mass is 755 g/mol. The molecular formula is C56H37NS. The van der Waals surface area contributed by atoms with Crippen LogP contribution in [0.5, 0.6) is 0 Å². The molecule has 0 radical (unpaired) electrons. The van der Waals surface area contributed by atoms with Crippen LogP contribution in [0.4, 0.5) is 17.1 Å². The Labute approximate surface area is 342 Å². The lowest BCUT2D eigenvalue weighted by Gasteiger charge is -2.27. The van der Waals surface area contributed by atoms with Crippen molar-refractivity contribution in [2.45, 2.75) is 0 Å². The highest BCUT2D eigenvalue weighted by Crippen LogP contribution is 2.47. The van der Waals surface area contributed by atoms with Gasteiger partial charge in [-0.2, -0.15) is 0 Å². The largest absolute Gasteiger partial charge is 0.310 e. The normalized spacial score (nSPS) is 11.4. The van der Waals surface area contributed by atoms with Crippen molar-refractivity contribution in [3.05, 3.63) is 224 Å². The lowest BCUT2D eigenvalue weighted by Crippen LogP contribution is -2.10. The maximum atomic E-state index is 2.44. The molecule has 0 saturated carbocycles. The van der Waals surface area contributed by atoms with E-state index in [-0.39, 0.29) is 0 Å². The molecule has 0 spiro atoms. The molecule has 0 saturated heterocycles. The Morgan fingerprint density at radius 1 is 0.293 bits per heavy atom. The summed E-state index contributed by atoms with van der Waals surface area (Å²) in [5.41, 5.74) is 13.1. The van der Waals surface area contributed by atoms with Crippen LogP contribution >= 0.6 is 11.3 Å². The third kappa shape index (κ3) is 6.03. The van der Waals surface area contributed by atoms with Gasteiger partial charge in [-0.15, -0.1) is 11.3 Å². The standard InChI is InChI=1S/C56H37NS/c1-3-12-38(13-4-1)40-22-24-41(25-23-40)43-28-33-47(34-29-43)57(46-31-26-42(27-32-46)39-14-5-2-6-15-39)54-37-53-51-35-30-45(49-21-11-17-44-16-7-8-18-48(44)49)36-55(51)58-56(53)52-20-10-9-19-50(52)54/h1-37H. The summed E-state index contributed by atoms with van der Waals surface area (Å²) in [5.74, 6) is 0. The van der Waals surface area contributed by atoms with Crippen LogP contribution in [0.15, 0.2) is 224 Å². The second-order valence-corrected chi connectivity index (χ2v) is 15.9. The lowest BCUT2D eigenvalue weighted by molar-refractivity contribution is 1.30. The SMILES string of the molecule is c1ccc(-c2ccc(-c3ccc(N(c4ccc(-c5ccccc5)cc4)c4cc5c6ccc(-c7cccc8ccccc78)cc6sc5c5ccccc45)cc3)cc2)cc1. The number of benzene rings is 10. The van der Waals surface area contributed by atoms with Crippen LogP contribution < -0.4 is 4.90 Å². The Morgan fingerprint density at radius 2 is 0.759 bits per heavy atom. The van der Waals surface area contributed by atoms with Gasteiger partial charge >= 0.3 is 0 Å².